The van der Waals surface area contributed by atoms with Gasteiger partial charge in [0.05, 0.1) is 12.4 Å². The van der Waals surface area contributed by atoms with Gasteiger partial charge in [0.25, 0.3) is 0 Å². The van der Waals surface area contributed by atoms with Gasteiger partial charge < -0.3 is 29.2 Å². The largest absolute Gasteiger partial charge is 1.00 e. The Morgan fingerprint density at radius 3 is 2.48 bits per heavy atom. The number of para-hydroxylation sites is 1. The van der Waals surface area contributed by atoms with Crippen molar-refractivity contribution >= 4 is 47.6 Å². The number of thiophene rings is 1. The number of aromatic hydroxyl groups is 1. The third-order valence-electron chi connectivity index (χ3n) is 2.20. The summed E-state index contributed by atoms with van der Waals surface area (Å²) in [5.74, 6) is 0.0949. The molecule has 8 nitrogen and oxygen atoms in total. The minimum Gasteiger partial charge on any atom is -0.741 e. The molecule has 25 heavy (non-hydrogen) atoms. The number of urea groups is 1. The fraction of sp³-hybridized carbons (Fsp3) is 0. The number of nitrogens with two attached hydrogens (primary N) is 2. The number of phenols is 1. The topological polar surface area (TPSA) is 138 Å². The van der Waals surface area contributed by atoms with E-state index in [-0.39, 0.29) is 28.0 Å². The van der Waals surface area contributed by atoms with Crippen molar-refractivity contribution in [1.82, 2.24) is 5.43 Å². The molecule has 0 atom stereocenters. The fourth-order valence-electron chi connectivity index (χ4n) is 1.27. The van der Waals surface area contributed by atoms with Gasteiger partial charge in [-0.25, -0.2) is 10.2 Å². The molecule has 0 saturated heterocycles. The van der Waals surface area contributed by atoms with Crippen LogP contribution in [0.25, 0.3) is 0 Å². The van der Waals surface area contributed by atoms with Gasteiger partial charge >= 0.3 is 23.1 Å². The summed E-state index contributed by atoms with van der Waals surface area (Å²) in [4.78, 5) is 11.2. The summed E-state index contributed by atoms with van der Waals surface area (Å²) in [6, 6.07) is 9.73. The van der Waals surface area contributed by atoms with Gasteiger partial charge in [0.15, 0.2) is 0 Å². The maximum absolute atomic E-state index is 10.2. The zero-order valence-corrected chi connectivity index (χ0v) is 15.2. The molecule has 0 saturated carbocycles. The van der Waals surface area contributed by atoms with Crippen molar-refractivity contribution in [3.63, 3.8) is 0 Å². The van der Waals surface area contributed by atoms with Crippen molar-refractivity contribution in [3.8, 4) is 5.75 Å². The molecule has 0 fully saturated rings. The van der Waals surface area contributed by atoms with Crippen LogP contribution in [0.15, 0.2) is 57.1 Å². The number of carbonyl (C=O) groups is 1. The van der Waals surface area contributed by atoms with Crippen LogP contribution < -0.4 is 16.9 Å². The predicted octanol–water partition coefficient (Wildman–Crippen LogP) is 1.34. The number of hydrazone groups is 1. The van der Waals surface area contributed by atoms with Crippen LogP contribution in [-0.4, -0.2) is 28.7 Å². The van der Waals surface area contributed by atoms with Crippen molar-refractivity contribution < 1.29 is 27.0 Å². The van der Waals surface area contributed by atoms with E-state index in [9.17, 15) is 9.90 Å². The van der Waals surface area contributed by atoms with Crippen LogP contribution in [0.5, 0.6) is 5.75 Å². The standard InChI is InChI=1S/C8H9N3O2.C6H7N3S2.Cu/c9-8(13)11-10-5-6-3-1-2-4-7(6)12;7-6(10)9-8-4-5-2-1-3-11-5;/h1-5,12H,(H3,9,11,13);1-4H,(H3,7,9,10);/q;;+1/p-1/b10-5+;8-4+;. The predicted molar refractivity (Wildman–Crippen MR) is 99.3 cm³/mol. The van der Waals surface area contributed by atoms with Crippen LogP contribution in [-0.2, 0) is 29.7 Å². The third kappa shape index (κ3) is 10.8. The van der Waals surface area contributed by atoms with Gasteiger partial charge in [-0.15, -0.1) is 11.3 Å². The molecule has 6 N–H and O–H groups in total. The number of amides is 2. The van der Waals surface area contributed by atoms with Crippen molar-refractivity contribution in [3.05, 3.63) is 52.2 Å². The van der Waals surface area contributed by atoms with E-state index < -0.39 is 6.03 Å². The molecule has 2 amide bonds. The van der Waals surface area contributed by atoms with Crippen LogP contribution in [0.4, 0.5) is 4.79 Å². The van der Waals surface area contributed by atoms with Gasteiger partial charge in [0.1, 0.15) is 5.75 Å². The second-order valence-electron chi connectivity index (χ2n) is 3.99. The maximum Gasteiger partial charge on any atom is 1.00 e. The van der Waals surface area contributed by atoms with Crippen LogP contribution in [0.1, 0.15) is 10.4 Å². The molecular formula is C14H15CuN6O2S2. The Morgan fingerprint density at radius 1 is 1.20 bits per heavy atom. The molecule has 1 heterocycles. The minimum atomic E-state index is -0.744. The first-order valence-corrected chi connectivity index (χ1v) is 7.71. The molecule has 0 aliphatic carbocycles. The summed E-state index contributed by atoms with van der Waals surface area (Å²) in [7, 11) is 0. The number of hydrogen-bond donors (Lipinski definition) is 4. The molecular weight excluding hydrogens is 412 g/mol. The van der Waals surface area contributed by atoms with Crippen LogP contribution in [0, 0.1) is 0 Å². The molecule has 136 valence electrons. The van der Waals surface area contributed by atoms with Crippen molar-refractivity contribution in [2.45, 2.75) is 0 Å². The summed E-state index contributed by atoms with van der Waals surface area (Å²) in [6.45, 7) is 0. The molecule has 0 unspecified atom stereocenters. The Hall–Kier alpha value is -2.46. The second-order valence-corrected chi connectivity index (χ2v) is 5.39. The van der Waals surface area contributed by atoms with Crippen LogP contribution >= 0.6 is 11.3 Å². The average Bonchev–Trinajstić information content (AvgIpc) is 3.02. The summed E-state index contributed by atoms with van der Waals surface area (Å²) in [5.41, 5.74) is 12.4. The molecule has 2 rings (SSSR count). The normalized spacial score (nSPS) is 10.8. The Kier molecular flexibility index (Phi) is 11.6. The number of phenolic OH excluding ortho intramolecular Hbond substituents is 1. The Bertz CT molecular complexity index is 731. The molecule has 0 aliphatic heterocycles. The van der Waals surface area contributed by atoms with Gasteiger partial charge in [-0.1, -0.05) is 18.2 Å². The molecule has 11 heteroatoms. The smallest absolute Gasteiger partial charge is 0.741 e. The molecule has 1 aromatic heterocycles. The van der Waals surface area contributed by atoms with Crippen LogP contribution in [0.3, 0.4) is 0 Å². The van der Waals surface area contributed by atoms with E-state index in [2.05, 4.69) is 27.9 Å². The summed E-state index contributed by atoms with van der Waals surface area (Å²) in [5, 5.41) is 21.9. The molecule has 0 spiro atoms. The van der Waals surface area contributed by atoms with Gasteiger partial charge in [-0.2, -0.15) is 15.3 Å². The van der Waals surface area contributed by atoms with Gasteiger partial charge in [-0.3, -0.25) is 0 Å². The van der Waals surface area contributed by atoms with E-state index in [1.807, 2.05) is 22.9 Å². The van der Waals surface area contributed by atoms with Crippen molar-refractivity contribution in [2.75, 3.05) is 0 Å². The molecule has 2 aromatic rings. The number of primary amides is 1. The quantitative estimate of drug-likeness (QED) is 0.192. The van der Waals surface area contributed by atoms with E-state index >= 15 is 0 Å². The number of carbonyl (C=O) groups excluding carboxylic acids is 1. The number of rotatable bonds is 4. The van der Waals surface area contributed by atoms with Crippen LogP contribution in [0.2, 0.25) is 0 Å². The zero-order chi connectivity index (χ0) is 17.8. The van der Waals surface area contributed by atoms with E-state index in [0.29, 0.717) is 5.56 Å². The second kappa shape index (κ2) is 12.9. The number of nitrogens with one attached hydrogen (secondary N) is 1. The number of nitrogens with zero attached hydrogens (tertiary/aromatic N) is 3. The summed E-state index contributed by atoms with van der Waals surface area (Å²) >= 11 is 6.07. The first kappa shape index (κ1) is 22.5. The van der Waals surface area contributed by atoms with E-state index in [1.165, 1.54) is 12.3 Å². The van der Waals surface area contributed by atoms with E-state index in [4.69, 9.17) is 11.5 Å². The monoisotopic (exact) mass is 426 g/mol. The van der Waals surface area contributed by atoms with Gasteiger partial charge in [0.2, 0.25) is 0 Å². The summed E-state index contributed by atoms with van der Waals surface area (Å²) < 4.78 is 0. The average molecular weight is 427 g/mol. The minimum absolute atomic E-state index is 0. The molecule has 1 aromatic carbocycles. The van der Waals surface area contributed by atoms with Crippen molar-refractivity contribution in [1.29, 1.82) is 0 Å². The molecule has 0 radical (unpaired) electrons. The fourth-order valence-corrected chi connectivity index (χ4v) is 1.90. The van der Waals surface area contributed by atoms with E-state index in [1.54, 1.807) is 35.8 Å². The van der Waals surface area contributed by atoms with Gasteiger partial charge in [-0.05, 0) is 28.7 Å². The number of amidine groups is 1. The Balaban J connectivity index is 0.000000449. The first-order chi connectivity index (χ1) is 11.5. The zero-order valence-electron chi connectivity index (χ0n) is 12.7. The van der Waals surface area contributed by atoms with E-state index in [0.717, 1.165) is 4.88 Å². The Morgan fingerprint density at radius 2 is 1.92 bits per heavy atom. The first-order valence-electron chi connectivity index (χ1n) is 6.42. The van der Waals surface area contributed by atoms with Gasteiger partial charge in [0, 0.05) is 10.4 Å². The SMILES string of the molecule is N/C([S-])=N\N=C\c1cccs1.NC(=O)N/N=C/c1ccccc1O.[Cu+]. The Labute approximate surface area is 164 Å². The molecule has 0 bridgehead atoms. The number of benzene rings is 1. The summed E-state index contributed by atoms with van der Waals surface area (Å²) in [6.07, 6.45) is 2.92. The maximum atomic E-state index is 10.2. The van der Waals surface area contributed by atoms with Crippen molar-refractivity contribution in [2.24, 2.45) is 26.8 Å². The number of hydrogen-bond acceptors (Lipinski definition) is 7. The third-order valence-corrected chi connectivity index (χ3v) is 3.09. The molecule has 0 aliphatic rings.